The molecule has 3 rings (SSSR count). The van der Waals surface area contributed by atoms with Crippen LogP contribution in [-0.2, 0) is 9.68 Å². The number of nitrogens with two attached hydrogens (primary N) is 2. The molecule has 0 radical (unpaired) electrons. The second-order valence-electron chi connectivity index (χ2n) is 4.98. The van der Waals surface area contributed by atoms with E-state index < -0.39 is 48.3 Å². The molecule has 3 aromatic rings. The summed E-state index contributed by atoms with van der Waals surface area (Å²) in [7, 11) is 2.44. The lowest BCUT2D eigenvalue weighted by molar-refractivity contribution is 0.213. The van der Waals surface area contributed by atoms with E-state index >= 15 is 0 Å². The predicted molar refractivity (Wildman–Crippen MR) is 105 cm³/mol. The van der Waals surface area contributed by atoms with Gasteiger partial charge < -0.3 is 25.6 Å². The largest absolute Gasteiger partial charge is 0.456 e. The molecular weight excluding hydrogens is 344 g/mol. The molecule has 0 spiro atoms. The third kappa shape index (κ3) is 4.09. The van der Waals surface area contributed by atoms with Gasteiger partial charge in [0.2, 0.25) is 0 Å². The maximum Gasteiger partial charge on any atom is 0.170 e. The Morgan fingerprint density at radius 2 is 1.15 bits per heavy atom. The number of hydrogen-bond acceptors (Lipinski definition) is 5. The Kier molecular flexibility index (Phi) is 3.12. The minimum Gasteiger partial charge on any atom is -0.456 e. The fraction of sp³-hybridized carbons (Fsp3) is 0.100. The molecule has 1 aromatic heterocycles. The molecule has 0 aliphatic carbocycles. The fourth-order valence-corrected chi connectivity index (χ4v) is 2.02. The van der Waals surface area contributed by atoms with Crippen LogP contribution >= 0.6 is 0 Å². The highest BCUT2D eigenvalue weighted by Crippen LogP contribution is 2.28. The van der Waals surface area contributed by atoms with Gasteiger partial charge in [-0.2, -0.15) is 0 Å². The van der Waals surface area contributed by atoms with Crippen molar-refractivity contribution in [2.75, 3.05) is 14.2 Å². The minimum atomic E-state index is -0.473. The van der Waals surface area contributed by atoms with Crippen molar-refractivity contribution in [2.24, 2.45) is 21.8 Å². The highest BCUT2D eigenvalue weighted by atomic mass is 16.6. The highest BCUT2D eigenvalue weighted by molar-refractivity contribution is 5.98. The molecule has 0 saturated carbocycles. The van der Waals surface area contributed by atoms with E-state index in [9.17, 15) is 0 Å². The van der Waals surface area contributed by atoms with Crippen LogP contribution in [0.5, 0.6) is 0 Å². The van der Waals surface area contributed by atoms with Crippen molar-refractivity contribution >= 4 is 11.7 Å². The van der Waals surface area contributed by atoms with Gasteiger partial charge in [-0.1, -0.05) is 58.7 Å². The Morgan fingerprint density at radius 3 is 1.48 bits per heavy atom. The van der Waals surface area contributed by atoms with Gasteiger partial charge in [0.25, 0.3) is 0 Å². The zero-order chi connectivity index (χ0) is 26.2. The molecule has 4 N–H and O–H groups in total. The summed E-state index contributed by atoms with van der Waals surface area (Å²) in [4.78, 5) is 9.12. The highest BCUT2D eigenvalue weighted by Gasteiger charge is 2.09. The maximum absolute atomic E-state index is 8.34. The van der Waals surface area contributed by atoms with Crippen LogP contribution in [0.2, 0.25) is 0 Å². The zero-order valence-electron chi connectivity index (χ0n) is 22.4. The first-order valence-corrected chi connectivity index (χ1v) is 7.53. The van der Waals surface area contributed by atoms with Gasteiger partial charge in [0, 0.05) is 22.3 Å². The number of nitrogens with zero attached hydrogens (tertiary/aromatic N) is 2. The van der Waals surface area contributed by atoms with Crippen LogP contribution in [-0.4, -0.2) is 25.9 Å². The van der Waals surface area contributed by atoms with Crippen molar-refractivity contribution in [1.29, 1.82) is 0 Å². The van der Waals surface area contributed by atoms with Crippen molar-refractivity contribution in [3.63, 3.8) is 0 Å². The standard InChI is InChI=1S/C20H20N4O3/c1-25-23-19(21)15-7-3-13(4-8-15)17-11-12-18(27-17)14-5-9-16(10-6-14)20(22)24-26-2/h3-12H,1-2H3,(H2,21,23)(H2,22,24)/i3D,4D,5D,6D,7D,8D,9D,10D. The summed E-state index contributed by atoms with van der Waals surface area (Å²) in [6.07, 6.45) is 0. The van der Waals surface area contributed by atoms with Crippen molar-refractivity contribution in [3.8, 4) is 22.6 Å². The number of oxime groups is 2. The van der Waals surface area contributed by atoms with Gasteiger partial charge >= 0.3 is 0 Å². The number of benzene rings is 2. The lowest BCUT2D eigenvalue weighted by Crippen LogP contribution is -2.13. The molecule has 0 unspecified atom stereocenters. The second kappa shape index (κ2) is 8.09. The molecule has 27 heavy (non-hydrogen) atoms. The predicted octanol–water partition coefficient (Wildman–Crippen LogP) is 3.15. The molecule has 7 heteroatoms. The molecule has 2 aromatic carbocycles. The number of amidine groups is 2. The molecule has 138 valence electrons. The Balaban J connectivity index is 2.22. The van der Waals surface area contributed by atoms with E-state index in [0.29, 0.717) is 0 Å². The normalized spacial score (nSPS) is 16.2. The number of furan rings is 1. The first kappa shape index (κ1) is 10.4. The van der Waals surface area contributed by atoms with E-state index in [4.69, 9.17) is 26.9 Å². The van der Waals surface area contributed by atoms with E-state index in [1.54, 1.807) is 0 Å². The van der Waals surface area contributed by atoms with Crippen LogP contribution < -0.4 is 11.5 Å². The summed E-state index contributed by atoms with van der Waals surface area (Å²) < 4.78 is 72.0. The monoisotopic (exact) mass is 372 g/mol. The van der Waals surface area contributed by atoms with Gasteiger partial charge in [0.15, 0.2) is 11.7 Å². The summed E-state index contributed by atoms with van der Waals surface area (Å²) in [5, 5.41) is 6.95. The lowest BCUT2D eigenvalue weighted by atomic mass is 10.1. The van der Waals surface area contributed by atoms with Crippen LogP contribution in [0.15, 0.2) is 75.2 Å². The molecule has 0 fully saturated rings. The Hall–Kier alpha value is -3.74. The zero-order valence-corrected chi connectivity index (χ0v) is 14.4. The van der Waals surface area contributed by atoms with Crippen molar-refractivity contribution in [3.05, 3.63) is 71.6 Å². The van der Waals surface area contributed by atoms with E-state index in [0.717, 1.165) is 0 Å². The van der Waals surface area contributed by atoms with E-state index in [2.05, 4.69) is 20.0 Å². The van der Waals surface area contributed by atoms with Crippen LogP contribution in [0.4, 0.5) is 0 Å². The molecule has 0 amide bonds. The summed E-state index contributed by atoms with van der Waals surface area (Å²) >= 11 is 0. The second-order valence-corrected chi connectivity index (χ2v) is 4.98. The molecule has 0 atom stereocenters. The minimum absolute atomic E-state index is 0.0906. The molecule has 0 bridgehead atoms. The van der Waals surface area contributed by atoms with Gasteiger partial charge in [-0.3, -0.25) is 0 Å². The average Bonchev–Trinajstić information content (AvgIpc) is 3.26. The molecule has 0 aliphatic heterocycles. The third-order valence-electron chi connectivity index (χ3n) is 3.24. The van der Waals surface area contributed by atoms with Crippen molar-refractivity contribution in [2.45, 2.75) is 0 Å². The van der Waals surface area contributed by atoms with E-state index in [-0.39, 0.29) is 45.4 Å². The van der Waals surface area contributed by atoms with Crippen LogP contribution in [0.1, 0.15) is 22.1 Å². The average molecular weight is 372 g/mol. The molecular formula is C20H20N4O3. The first-order chi connectivity index (χ1) is 16.5. The van der Waals surface area contributed by atoms with E-state index in [1.807, 2.05) is 0 Å². The fourth-order valence-electron chi connectivity index (χ4n) is 2.02. The van der Waals surface area contributed by atoms with Gasteiger partial charge in [0.05, 0.1) is 11.0 Å². The van der Waals surface area contributed by atoms with Crippen molar-refractivity contribution in [1.82, 2.24) is 0 Å². The molecule has 0 saturated heterocycles. The first-order valence-electron chi connectivity index (χ1n) is 11.5. The number of rotatable bonds is 6. The Morgan fingerprint density at radius 1 is 0.778 bits per heavy atom. The Bertz CT molecular complexity index is 1230. The SMILES string of the molecule is [2H]c1c([2H])c(-c2ccc(-c3c([2H])c([2H])c(/C(N)=N/OC)c([2H])c3[2H])o2)c([2H])c([2H])c1/C(N)=N/OC. The summed E-state index contributed by atoms with van der Waals surface area (Å²) in [6.45, 7) is 0. The third-order valence-corrected chi connectivity index (χ3v) is 3.24. The van der Waals surface area contributed by atoms with Crippen LogP contribution in [0, 0.1) is 0 Å². The van der Waals surface area contributed by atoms with Crippen LogP contribution in [0.25, 0.3) is 22.6 Å². The molecule has 0 aliphatic rings. The van der Waals surface area contributed by atoms with E-state index in [1.165, 1.54) is 26.4 Å². The van der Waals surface area contributed by atoms with Gasteiger partial charge in [-0.05, 0) is 12.1 Å². The smallest absolute Gasteiger partial charge is 0.170 e. The van der Waals surface area contributed by atoms with Gasteiger partial charge in [-0.25, -0.2) is 0 Å². The van der Waals surface area contributed by atoms with Gasteiger partial charge in [0.1, 0.15) is 25.7 Å². The quantitative estimate of drug-likeness (QED) is 0.392. The maximum atomic E-state index is 8.34. The summed E-state index contributed by atoms with van der Waals surface area (Å²) in [5.74, 6) is -0.855. The molecule has 1 heterocycles. The summed E-state index contributed by atoms with van der Waals surface area (Å²) in [6, 6.07) is -1.07. The summed E-state index contributed by atoms with van der Waals surface area (Å²) in [5.41, 5.74) is 10.6. The molecule has 7 nitrogen and oxygen atoms in total. The van der Waals surface area contributed by atoms with Crippen LogP contribution in [0.3, 0.4) is 0 Å². The number of hydrogen-bond donors (Lipinski definition) is 2. The topological polar surface area (TPSA) is 108 Å². The lowest BCUT2D eigenvalue weighted by Gasteiger charge is -2.03. The van der Waals surface area contributed by atoms with Crippen molar-refractivity contribution < 1.29 is 25.1 Å². The Labute approximate surface area is 168 Å². The van der Waals surface area contributed by atoms with Gasteiger partial charge in [-0.15, -0.1) is 0 Å².